The molecule has 3 rings (SSSR count). The molecule has 34 heavy (non-hydrogen) atoms. The van der Waals surface area contributed by atoms with Gasteiger partial charge in [-0.2, -0.15) is 5.10 Å². The van der Waals surface area contributed by atoms with Crippen LogP contribution in [0.25, 0.3) is 0 Å². The van der Waals surface area contributed by atoms with Gasteiger partial charge in [0.2, 0.25) is 0 Å². The molecule has 1 N–H and O–H groups in total. The van der Waals surface area contributed by atoms with Gasteiger partial charge in [-0.05, 0) is 77.9 Å². The van der Waals surface area contributed by atoms with Crippen molar-refractivity contribution in [2.24, 2.45) is 5.10 Å². The molecule has 0 heterocycles. The summed E-state index contributed by atoms with van der Waals surface area (Å²) in [6.45, 7) is 5.18. The number of carbonyl (C=O) groups is 1. The predicted molar refractivity (Wildman–Crippen MR) is 140 cm³/mol. The van der Waals surface area contributed by atoms with E-state index in [1.807, 2.05) is 56.3 Å². The maximum absolute atomic E-state index is 12.6. The molecule has 0 bridgehead atoms. The summed E-state index contributed by atoms with van der Waals surface area (Å²) in [6.07, 6.45) is 1.56. The number of ether oxygens (including phenoxy) is 4. The summed E-state index contributed by atoms with van der Waals surface area (Å²) >= 11 is 2.19. The summed E-state index contributed by atoms with van der Waals surface area (Å²) in [4.78, 5) is 12.6. The summed E-state index contributed by atoms with van der Waals surface area (Å²) in [5.74, 6) is 2.01. The second-order valence-electron chi connectivity index (χ2n) is 7.04. The molecule has 0 spiro atoms. The first kappa shape index (κ1) is 25.4. The third-order valence-corrected chi connectivity index (χ3v) is 5.46. The molecule has 3 aromatic carbocycles. The number of hydrogen-bond donors (Lipinski definition) is 1. The number of benzene rings is 3. The normalized spacial score (nSPS) is 10.7. The van der Waals surface area contributed by atoms with Crippen LogP contribution in [0.2, 0.25) is 0 Å². The van der Waals surface area contributed by atoms with Crippen LogP contribution in [-0.2, 0) is 6.61 Å². The topological polar surface area (TPSA) is 78.4 Å². The Balaban J connectivity index is 1.68. The fraction of sp³-hybridized carbons (Fsp3) is 0.231. The zero-order chi connectivity index (χ0) is 24.3. The molecular formula is C26H27IN2O5. The molecule has 0 saturated carbocycles. The average Bonchev–Trinajstić information content (AvgIpc) is 2.85. The molecule has 0 unspecified atom stereocenters. The van der Waals surface area contributed by atoms with Crippen molar-refractivity contribution in [1.29, 1.82) is 0 Å². The van der Waals surface area contributed by atoms with Gasteiger partial charge < -0.3 is 18.9 Å². The lowest BCUT2D eigenvalue weighted by Gasteiger charge is -2.13. The molecule has 0 aromatic heterocycles. The van der Waals surface area contributed by atoms with Gasteiger partial charge in [-0.1, -0.05) is 30.3 Å². The quantitative estimate of drug-likeness (QED) is 0.188. The summed E-state index contributed by atoms with van der Waals surface area (Å²) < 4.78 is 23.5. The first-order valence-corrected chi connectivity index (χ1v) is 11.9. The van der Waals surface area contributed by atoms with Crippen LogP contribution in [0.4, 0.5) is 0 Å². The maximum Gasteiger partial charge on any atom is 0.271 e. The molecular weight excluding hydrogens is 547 g/mol. The van der Waals surface area contributed by atoms with Crippen LogP contribution < -0.4 is 24.4 Å². The Kier molecular flexibility index (Phi) is 9.57. The first-order chi connectivity index (χ1) is 16.5. The maximum atomic E-state index is 12.6. The van der Waals surface area contributed by atoms with Crippen LogP contribution >= 0.6 is 22.6 Å². The summed E-state index contributed by atoms with van der Waals surface area (Å²) in [5, 5.41) is 4.10. The lowest BCUT2D eigenvalue weighted by molar-refractivity contribution is 0.0954. The Morgan fingerprint density at radius 2 is 1.68 bits per heavy atom. The molecule has 8 heteroatoms. The minimum absolute atomic E-state index is 0.357. The van der Waals surface area contributed by atoms with Crippen molar-refractivity contribution in [3.63, 3.8) is 0 Å². The highest BCUT2D eigenvalue weighted by molar-refractivity contribution is 14.1. The smallest absolute Gasteiger partial charge is 0.271 e. The molecule has 0 aliphatic heterocycles. The van der Waals surface area contributed by atoms with E-state index in [0.717, 1.165) is 14.7 Å². The molecule has 0 aliphatic rings. The van der Waals surface area contributed by atoms with Gasteiger partial charge in [0, 0.05) is 5.56 Å². The average molecular weight is 574 g/mol. The molecule has 178 valence electrons. The number of amides is 1. The van der Waals surface area contributed by atoms with Gasteiger partial charge in [0.15, 0.2) is 23.0 Å². The summed E-state index contributed by atoms with van der Waals surface area (Å²) in [7, 11) is 1.59. The number of carbonyl (C=O) groups excluding carboxylic acids is 1. The van der Waals surface area contributed by atoms with Gasteiger partial charge in [-0.3, -0.25) is 4.79 Å². The van der Waals surface area contributed by atoms with Crippen molar-refractivity contribution < 1.29 is 23.7 Å². The van der Waals surface area contributed by atoms with E-state index in [1.54, 1.807) is 31.5 Å². The van der Waals surface area contributed by atoms with Crippen LogP contribution in [0.3, 0.4) is 0 Å². The number of nitrogens with one attached hydrogen (secondary N) is 1. The number of hydrazone groups is 1. The number of nitrogens with zero attached hydrogens (tertiary/aromatic N) is 1. The Hall–Kier alpha value is -3.27. The number of rotatable bonds is 11. The van der Waals surface area contributed by atoms with E-state index in [0.29, 0.717) is 48.4 Å². The molecule has 7 nitrogen and oxygen atoms in total. The van der Waals surface area contributed by atoms with E-state index in [1.165, 1.54) is 0 Å². The van der Waals surface area contributed by atoms with E-state index < -0.39 is 0 Å². The highest BCUT2D eigenvalue weighted by Crippen LogP contribution is 2.34. The number of methoxy groups -OCH3 is 1. The van der Waals surface area contributed by atoms with Crippen molar-refractivity contribution >= 4 is 34.7 Å². The van der Waals surface area contributed by atoms with E-state index in [4.69, 9.17) is 18.9 Å². The third-order valence-electron chi connectivity index (χ3n) is 4.66. The fourth-order valence-electron chi connectivity index (χ4n) is 3.11. The van der Waals surface area contributed by atoms with Crippen LogP contribution in [0.1, 0.15) is 35.3 Å². The zero-order valence-electron chi connectivity index (χ0n) is 19.3. The van der Waals surface area contributed by atoms with Gasteiger partial charge in [-0.15, -0.1) is 0 Å². The Labute approximate surface area is 213 Å². The zero-order valence-corrected chi connectivity index (χ0v) is 21.5. The Morgan fingerprint density at radius 1 is 0.941 bits per heavy atom. The summed E-state index contributed by atoms with van der Waals surface area (Å²) in [5.41, 5.74) is 4.79. The minimum atomic E-state index is -0.357. The van der Waals surface area contributed by atoms with Crippen molar-refractivity contribution in [1.82, 2.24) is 5.43 Å². The molecule has 0 atom stereocenters. The van der Waals surface area contributed by atoms with Gasteiger partial charge >= 0.3 is 0 Å². The van der Waals surface area contributed by atoms with E-state index in [-0.39, 0.29) is 5.91 Å². The van der Waals surface area contributed by atoms with Crippen LogP contribution in [0.5, 0.6) is 23.0 Å². The van der Waals surface area contributed by atoms with Gasteiger partial charge in [0.05, 0.1) is 30.1 Å². The monoisotopic (exact) mass is 574 g/mol. The third kappa shape index (κ3) is 6.86. The standard InChI is InChI=1S/C26H27IN2O5/c1-4-32-22-12-11-20(15-23(22)33-5-2)26(30)29-28-16-19-13-21(27)25(24(14-19)31-3)34-17-18-9-7-6-8-10-18/h6-16H,4-5,17H2,1-3H3,(H,29,30)/b28-16+. The predicted octanol–water partition coefficient (Wildman–Crippen LogP) is 5.44. The lowest BCUT2D eigenvalue weighted by Crippen LogP contribution is -2.17. The van der Waals surface area contributed by atoms with Crippen LogP contribution in [0, 0.1) is 3.57 Å². The van der Waals surface area contributed by atoms with Crippen molar-refractivity contribution in [3.05, 3.63) is 80.9 Å². The largest absolute Gasteiger partial charge is 0.493 e. The second kappa shape index (κ2) is 12.8. The number of hydrogen-bond acceptors (Lipinski definition) is 6. The van der Waals surface area contributed by atoms with Crippen molar-refractivity contribution in [2.75, 3.05) is 20.3 Å². The van der Waals surface area contributed by atoms with E-state index >= 15 is 0 Å². The molecule has 0 radical (unpaired) electrons. The minimum Gasteiger partial charge on any atom is -0.493 e. The lowest BCUT2D eigenvalue weighted by atomic mass is 10.2. The fourth-order valence-corrected chi connectivity index (χ4v) is 3.89. The SMILES string of the molecule is CCOc1ccc(C(=O)N/N=C/c2cc(I)c(OCc3ccccc3)c(OC)c2)cc1OCC. The molecule has 3 aromatic rings. The Bertz CT molecular complexity index is 1140. The van der Waals surface area contributed by atoms with Gasteiger partial charge in [0.1, 0.15) is 6.61 Å². The number of halogens is 1. The second-order valence-corrected chi connectivity index (χ2v) is 8.20. The van der Waals surface area contributed by atoms with Crippen LogP contribution in [0.15, 0.2) is 65.8 Å². The molecule has 1 amide bonds. The highest BCUT2D eigenvalue weighted by Gasteiger charge is 2.13. The molecule has 0 saturated heterocycles. The van der Waals surface area contributed by atoms with Gasteiger partial charge in [-0.25, -0.2) is 5.43 Å². The van der Waals surface area contributed by atoms with Crippen molar-refractivity contribution in [2.45, 2.75) is 20.5 Å². The molecule has 0 fully saturated rings. The van der Waals surface area contributed by atoms with E-state index in [2.05, 4.69) is 33.1 Å². The summed E-state index contributed by atoms with van der Waals surface area (Å²) in [6, 6.07) is 18.7. The van der Waals surface area contributed by atoms with Gasteiger partial charge in [0.25, 0.3) is 5.91 Å². The highest BCUT2D eigenvalue weighted by atomic mass is 127. The van der Waals surface area contributed by atoms with E-state index in [9.17, 15) is 4.79 Å². The Morgan fingerprint density at radius 3 is 2.38 bits per heavy atom. The van der Waals surface area contributed by atoms with Crippen molar-refractivity contribution in [3.8, 4) is 23.0 Å². The molecule has 0 aliphatic carbocycles. The van der Waals surface area contributed by atoms with Crippen LogP contribution in [-0.4, -0.2) is 32.4 Å². The first-order valence-electron chi connectivity index (χ1n) is 10.8.